The van der Waals surface area contributed by atoms with E-state index in [4.69, 9.17) is 9.15 Å². The Morgan fingerprint density at radius 2 is 2.41 bits per heavy atom. The molecule has 0 saturated heterocycles. The highest BCUT2D eigenvalue weighted by Crippen LogP contribution is 2.41. The van der Waals surface area contributed by atoms with Crippen LogP contribution in [0.1, 0.15) is 31.4 Å². The summed E-state index contributed by atoms with van der Waals surface area (Å²) in [7, 11) is 0. The molecule has 1 aliphatic carbocycles. The smallest absolute Gasteiger partial charge is 0.354 e. The van der Waals surface area contributed by atoms with Gasteiger partial charge in [0.15, 0.2) is 0 Å². The standard InChI is InChI=1S/C17H19NO4/c1-3-6-22-17(20)16-10(2)15-12(18-16)8-11(9-13(15)19)14-5-4-7-21-14/h3-5,7,11-12,15,18H,1,6,8-9H2,2H3. The van der Waals surface area contributed by atoms with Crippen LogP contribution < -0.4 is 5.32 Å². The molecule has 0 spiro atoms. The van der Waals surface area contributed by atoms with Crippen molar-refractivity contribution in [2.75, 3.05) is 6.61 Å². The highest BCUT2D eigenvalue weighted by molar-refractivity contribution is 5.94. The highest BCUT2D eigenvalue weighted by Gasteiger charge is 2.45. The maximum atomic E-state index is 12.5. The number of ether oxygens (including phenoxy) is 1. The van der Waals surface area contributed by atoms with Crippen molar-refractivity contribution >= 4 is 11.8 Å². The second kappa shape index (κ2) is 5.83. The lowest BCUT2D eigenvalue weighted by Gasteiger charge is -2.30. The van der Waals surface area contributed by atoms with Crippen molar-refractivity contribution in [2.45, 2.75) is 31.7 Å². The molecule has 1 aromatic rings. The molecule has 116 valence electrons. The summed E-state index contributed by atoms with van der Waals surface area (Å²) in [5, 5.41) is 3.18. The minimum Gasteiger partial charge on any atom is -0.469 e. The highest BCUT2D eigenvalue weighted by atomic mass is 16.5. The number of hydrogen-bond acceptors (Lipinski definition) is 5. The van der Waals surface area contributed by atoms with E-state index in [1.807, 2.05) is 19.1 Å². The number of fused-ring (bicyclic) bond motifs is 1. The van der Waals surface area contributed by atoms with Crippen LogP contribution in [-0.4, -0.2) is 24.4 Å². The number of hydrogen-bond donors (Lipinski definition) is 1. The number of ketones is 1. The van der Waals surface area contributed by atoms with Gasteiger partial charge in [-0.2, -0.15) is 0 Å². The molecule has 1 aromatic heterocycles. The summed E-state index contributed by atoms with van der Waals surface area (Å²) < 4.78 is 10.5. The molecule has 2 heterocycles. The van der Waals surface area contributed by atoms with Gasteiger partial charge in [-0.3, -0.25) is 4.79 Å². The Bertz CT molecular complexity index is 629. The second-order valence-electron chi connectivity index (χ2n) is 5.79. The Balaban J connectivity index is 1.77. The van der Waals surface area contributed by atoms with Crippen LogP contribution >= 0.6 is 0 Å². The molecule has 0 aromatic carbocycles. The molecule has 3 atom stereocenters. The molecule has 5 heteroatoms. The van der Waals surface area contributed by atoms with Gasteiger partial charge >= 0.3 is 5.97 Å². The summed E-state index contributed by atoms with van der Waals surface area (Å²) in [5.41, 5.74) is 1.20. The zero-order chi connectivity index (χ0) is 15.7. The van der Waals surface area contributed by atoms with Crippen molar-refractivity contribution in [2.24, 2.45) is 5.92 Å². The van der Waals surface area contributed by atoms with Crippen LogP contribution in [0.3, 0.4) is 0 Å². The molecule has 22 heavy (non-hydrogen) atoms. The van der Waals surface area contributed by atoms with Crippen molar-refractivity contribution in [1.82, 2.24) is 5.32 Å². The zero-order valence-corrected chi connectivity index (χ0v) is 12.5. The number of carbonyl (C=O) groups excluding carboxylic acids is 2. The first kappa shape index (κ1) is 14.6. The number of nitrogens with one attached hydrogen (secondary N) is 1. The van der Waals surface area contributed by atoms with E-state index in [0.29, 0.717) is 12.1 Å². The fourth-order valence-corrected chi connectivity index (χ4v) is 3.43. The maximum Gasteiger partial charge on any atom is 0.354 e. The van der Waals surface area contributed by atoms with Crippen molar-refractivity contribution in [1.29, 1.82) is 0 Å². The van der Waals surface area contributed by atoms with Gasteiger partial charge in [0.25, 0.3) is 0 Å². The van der Waals surface area contributed by atoms with Gasteiger partial charge in [-0.25, -0.2) is 4.79 Å². The Morgan fingerprint density at radius 1 is 1.59 bits per heavy atom. The summed E-state index contributed by atoms with van der Waals surface area (Å²) in [6, 6.07) is 3.66. The number of furan rings is 1. The molecule has 0 amide bonds. The van der Waals surface area contributed by atoms with Crippen molar-refractivity contribution < 1.29 is 18.7 Å². The first-order valence-corrected chi connectivity index (χ1v) is 7.43. The molecule has 1 aliphatic heterocycles. The third kappa shape index (κ3) is 2.47. The van der Waals surface area contributed by atoms with Gasteiger partial charge in [0.2, 0.25) is 0 Å². The van der Waals surface area contributed by atoms with E-state index in [1.54, 1.807) is 6.26 Å². The van der Waals surface area contributed by atoms with Gasteiger partial charge in [0.1, 0.15) is 23.8 Å². The lowest BCUT2D eigenvalue weighted by molar-refractivity contribution is -0.138. The van der Waals surface area contributed by atoms with Gasteiger partial charge in [-0.15, -0.1) is 0 Å². The van der Waals surface area contributed by atoms with Gasteiger partial charge < -0.3 is 14.5 Å². The third-order valence-corrected chi connectivity index (χ3v) is 4.41. The van der Waals surface area contributed by atoms with Crippen molar-refractivity contribution in [3.63, 3.8) is 0 Å². The first-order valence-electron chi connectivity index (χ1n) is 7.43. The number of carbonyl (C=O) groups is 2. The topological polar surface area (TPSA) is 68.5 Å². The summed E-state index contributed by atoms with van der Waals surface area (Å²) in [4.78, 5) is 24.5. The fraction of sp³-hybridized carbons (Fsp3) is 0.412. The predicted molar refractivity (Wildman–Crippen MR) is 80.0 cm³/mol. The lowest BCUT2D eigenvalue weighted by Crippen LogP contribution is -2.40. The predicted octanol–water partition coefficient (Wildman–Crippen LogP) is 2.32. The van der Waals surface area contributed by atoms with E-state index in [9.17, 15) is 9.59 Å². The summed E-state index contributed by atoms with van der Waals surface area (Å²) in [5.74, 6) is 0.377. The van der Waals surface area contributed by atoms with E-state index in [0.717, 1.165) is 17.8 Å². The molecular formula is C17H19NO4. The molecule has 1 N–H and O–H groups in total. The molecule has 2 aliphatic rings. The Labute approximate surface area is 129 Å². The largest absolute Gasteiger partial charge is 0.469 e. The molecular weight excluding hydrogens is 282 g/mol. The molecule has 1 saturated carbocycles. The minimum atomic E-state index is -0.422. The van der Waals surface area contributed by atoms with E-state index in [2.05, 4.69) is 11.9 Å². The third-order valence-electron chi connectivity index (χ3n) is 4.41. The fourth-order valence-electron chi connectivity index (χ4n) is 3.43. The van der Waals surface area contributed by atoms with Crippen LogP contribution in [0.15, 0.2) is 46.7 Å². The summed E-state index contributed by atoms with van der Waals surface area (Å²) in [6.45, 7) is 5.51. The lowest BCUT2D eigenvalue weighted by atomic mass is 9.75. The average molecular weight is 301 g/mol. The molecule has 1 fully saturated rings. The first-order chi connectivity index (χ1) is 10.6. The number of Topliss-reactive ketones (excluding diaryl/α,β-unsaturated/α-hetero) is 1. The molecule has 3 rings (SSSR count). The number of esters is 1. The van der Waals surface area contributed by atoms with Gasteiger partial charge in [-0.05, 0) is 31.1 Å². The summed E-state index contributed by atoms with van der Waals surface area (Å²) in [6.07, 6.45) is 4.35. The van der Waals surface area contributed by atoms with Gasteiger partial charge in [0, 0.05) is 18.4 Å². The zero-order valence-electron chi connectivity index (χ0n) is 12.5. The summed E-state index contributed by atoms with van der Waals surface area (Å²) >= 11 is 0. The molecule has 0 radical (unpaired) electrons. The van der Waals surface area contributed by atoms with Crippen LogP contribution in [0.25, 0.3) is 0 Å². The van der Waals surface area contributed by atoms with E-state index < -0.39 is 5.97 Å². The number of rotatable bonds is 4. The van der Waals surface area contributed by atoms with Gasteiger partial charge in [0.05, 0.1) is 12.2 Å². The molecule has 3 unspecified atom stereocenters. The Morgan fingerprint density at radius 3 is 3.09 bits per heavy atom. The monoisotopic (exact) mass is 301 g/mol. The van der Waals surface area contributed by atoms with Gasteiger partial charge in [-0.1, -0.05) is 12.7 Å². The average Bonchev–Trinajstić information content (AvgIpc) is 3.13. The normalized spacial score (nSPS) is 27.3. The van der Waals surface area contributed by atoms with E-state index in [-0.39, 0.29) is 30.3 Å². The second-order valence-corrected chi connectivity index (χ2v) is 5.79. The minimum absolute atomic E-state index is 0.0626. The quantitative estimate of drug-likeness (QED) is 0.683. The van der Waals surface area contributed by atoms with Crippen LogP contribution in [0, 0.1) is 5.92 Å². The molecule has 0 bridgehead atoms. The molecule has 5 nitrogen and oxygen atoms in total. The van der Waals surface area contributed by atoms with Crippen LogP contribution in [0.5, 0.6) is 0 Å². The van der Waals surface area contributed by atoms with E-state index in [1.165, 1.54) is 6.08 Å². The SMILES string of the molecule is C=CCOC(=O)C1=C(C)C2C(=O)CC(c3ccco3)CC2N1. The van der Waals surface area contributed by atoms with Crippen LogP contribution in [0.4, 0.5) is 0 Å². The van der Waals surface area contributed by atoms with Crippen molar-refractivity contribution in [3.05, 3.63) is 48.1 Å². The van der Waals surface area contributed by atoms with Crippen LogP contribution in [0.2, 0.25) is 0 Å². The maximum absolute atomic E-state index is 12.5. The van der Waals surface area contributed by atoms with Crippen LogP contribution in [-0.2, 0) is 14.3 Å². The van der Waals surface area contributed by atoms with Crippen molar-refractivity contribution in [3.8, 4) is 0 Å². The Hall–Kier alpha value is -2.30. The van der Waals surface area contributed by atoms with E-state index >= 15 is 0 Å². The Kier molecular flexibility index (Phi) is 3.88.